The molecule has 1 unspecified atom stereocenters. The molecule has 0 aliphatic carbocycles. The van der Waals surface area contributed by atoms with E-state index in [1.165, 1.54) is 39.2 Å². The predicted octanol–water partition coefficient (Wildman–Crippen LogP) is 5.21. The number of nitrogens with zero attached hydrogens (tertiary/aromatic N) is 2. The lowest BCUT2D eigenvalue weighted by molar-refractivity contribution is -0.724. The molecule has 0 saturated heterocycles. The van der Waals surface area contributed by atoms with E-state index in [0.29, 0.717) is 6.04 Å². The predicted molar refractivity (Wildman–Crippen MR) is 116 cm³/mol. The summed E-state index contributed by atoms with van der Waals surface area (Å²) in [7, 11) is 0. The number of hydrogen-bond donors (Lipinski definition) is 0. The minimum absolute atomic E-state index is 0.374. The Hall–Kier alpha value is -3.26. The average Bonchev–Trinajstić information content (AvgIpc) is 3.06. The van der Waals surface area contributed by atoms with Crippen molar-refractivity contribution in [3.8, 4) is 22.5 Å². The van der Waals surface area contributed by atoms with Crippen LogP contribution in [0.5, 0.6) is 0 Å². The smallest absolute Gasteiger partial charge is 0.198 e. The quantitative estimate of drug-likeness (QED) is 0.431. The molecule has 0 amide bonds. The third kappa shape index (κ3) is 3.15. The summed E-state index contributed by atoms with van der Waals surface area (Å²) in [5.41, 5.74) is 9.37. The Labute approximate surface area is 172 Å². The zero-order valence-corrected chi connectivity index (χ0v) is 17.0. The van der Waals surface area contributed by atoms with Crippen molar-refractivity contribution >= 4 is 0 Å². The fourth-order valence-electron chi connectivity index (χ4n) is 4.62. The van der Waals surface area contributed by atoms with Gasteiger partial charge in [-0.1, -0.05) is 35.9 Å². The van der Waals surface area contributed by atoms with E-state index in [0.717, 1.165) is 13.0 Å². The van der Waals surface area contributed by atoms with Crippen LogP contribution in [-0.4, -0.2) is 0 Å². The minimum atomic E-state index is 0.374. The normalized spacial score (nSPS) is 14.5. The second-order valence-electron chi connectivity index (χ2n) is 7.98. The minimum Gasteiger partial charge on any atom is -0.198 e. The van der Waals surface area contributed by atoms with Crippen LogP contribution in [0.1, 0.15) is 29.2 Å². The zero-order valence-electron chi connectivity index (χ0n) is 17.0. The number of benzene rings is 2. The van der Waals surface area contributed by atoms with Crippen LogP contribution in [0.3, 0.4) is 0 Å². The fourth-order valence-corrected chi connectivity index (χ4v) is 4.62. The highest BCUT2D eigenvalue weighted by Crippen LogP contribution is 2.35. The molecule has 2 aromatic heterocycles. The Morgan fingerprint density at radius 3 is 2.34 bits per heavy atom. The van der Waals surface area contributed by atoms with Crippen LogP contribution in [0.15, 0.2) is 91.3 Å². The van der Waals surface area contributed by atoms with Crippen molar-refractivity contribution in [1.82, 2.24) is 0 Å². The Morgan fingerprint density at radius 2 is 1.48 bits per heavy atom. The molecular formula is C27H26N2+2. The van der Waals surface area contributed by atoms with Crippen molar-refractivity contribution in [3.05, 3.63) is 108 Å². The van der Waals surface area contributed by atoms with Crippen molar-refractivity contribution < 1.29 is 9.13 Å². The maximum absolute atomic E-state index is 2.45. The second-order valence-corrected chi connectivity index (χ2v) is 7.98. The van der Waals surface area contributed by atoms with E-state index in [1.54, 1.807) is 0 Å². The first kappa shape index (κ1) is 17.8. The second kappa shape index (κ2) is 7.29. The first-order valence-electron chi connectivity index (χ1n) is 10.4. The van der Waals surface area contributed by atoms with Crippen LogP contribution in [0.2, 0.25) is 0 Å². The summed E-state index contributed by atoms with van der Waals surface area (Å²) >= 11 is 0. The molecular weight excluding hydrogens is 352 g/mol. The van der Waals surface area contributed by atoms with Gasteiger partial charge in [0, 0.05) is 35.4 Å². The van der Waals surface area contributed by atoms with Crippen molar-refractivity contribution in [1.29, 1.82) is 0 Å². The molecule has 142 valence electrons. The molecule has 2 heteroatoms. The molecule has 2 nitrogen and oxygen atoms in total. The summed E-state index contributed by atoms with van der Waals surface area (Å²) in [6.07, 6.45) is 5.50. The lowest BCUT2D eigenvalue weighted by Gasteiger charge is -2.09. The Morgan fingerprint density at radius 1 is 0.724 bits per heavy atom. The van der Waals surface area contributed by atoms with Gasteiger partial charge in [0.2, 0.25) is 11.4 Å². The van der Waals surface area contributed by atoms with Crippen molar-refractivity contribution in [2.24, 2.45) is 0 Å². The first-order valence-corrected chi connectivity index (χ1v) is 10.4. The summed E-state index contributed by atoms with van der Waals surface area (Å²) in [6, 6.07) is 28.9. The Balaban J connectivity index is 1.50. The van der Waals surface area contributed by atoms with Crippen molar-refractivity contribution in [3.63, 3.8) is 0 Å². The lowest BCUT2D eigenvalue weighted by Crippen LogP contribution is -2.42. The molecule has 0 radical (unpaired) electrons. The molecule has 1 aliphatic heterocycles. The van der Waals surface area contributed by atoms with Gasteiger partial charge in [0.1, 0.15) is 0 Å². The summed E-state index contributed by atoms with van der Waals surface area (Å²) in [5.74, 6) is 0. The molecule has 3 heterocycles. The highest BCUT2D eigenvalue weighted by atomic mass is 15.0. The van der Waals surface area contributed by atoms with E-state index in [9.17, 15) is 0 Å². The number of aromatic nitrogens is 2. The summed E-state index contributed by atoms with van der Waals surface area (Å²) in [6.45, 7) is 5.34. The van der Waals surface area contributed by atoms with Gasteiger partial charge in [-0.25, -0.2) is 0 Å². The van der Waals surface area contributed by atoms with Crippen molar-refractivity contribution in [2.75, 3.05) is 0 Å². The zero-order chi connectivity index (χ0) is 19.8. The summed E-state index contributed by atoms with van der Waals surface area (Å²) < 4.78 is 4.85. The topological polar surface area (TPSA) is 7.76 Å². The van der Waals surface area contributed by atoms with Gasteiger partial charge < -0.3 is 0 Å². The number of pyridine rings is 2. The molecule has 0 N–H and O–H groups in total. The molecule has 0 bridgehead atoms. The third-order valence-electron chi connectivity index (χ3n) is 6.07. The molecule has 2 aromatic carbocycles. The van der Waals surface area contributed by atoms with Crippen molar-refractivity contribution in [2.45, 2.75) is 32.9 Å². The number of fused-ring (bicyclic) bond motifs is 3. The molecule has 5 rings (SSSR count). The summed E-state index contributed by atoms with van der Waals surface area (Å²) in [4.78, 5) is 0. The Kier molecular flexibility index (Phi) is 4.48. The van der Waals surface area contributed by atoms with Crippen LogP contribution in [-0.2, 0) is 6.54 Å². The number of rotatable bonds is 4. The van der Waals surface area contributed by atoms with Crippen LogP contribution in [0.25, 0.3) is 22.5 Å². The van der Waals surface area contributed by atoms with Crippen LogP contribution in [0, 0.1) is 13.8 Å². The highest BCUT2D eigenvalue weighted by Gasteiger charge is 2.36. The molecule has 29 heavy (non-hydrogen) atoms. The van der Waals surface area contributed by atoms with Gasteiger partial charge in [-0.2, -0.15) is 9.13 Å². The van der Waals surface area contributed by atoms with Gasteiger partial charge in [-0.3, -0.25) is 0 Å². The standard InChI is InChI=1S/C27H26N2/c1-20-13-14-23-24(19-20)26-12-6-8-17-29(26)27(23)15-18-28-16-7-5-11-25(28)22-10-4-3-9-21(22)2/h3-14,16-17,19,27H,15,18H2,1-2H3/q+2. The van der Waals surface area contributed by atoms with E-state index < -0.39 is 0 Å². The van der Waals surface area contributed by atoms with E-state index in [2.05, 4.69) is 114 Å². The van der Waals surface area contributed by atoms with E-state index >= 15 is 0 Å². The monoisotopic (exact) mass is 378 g/mol. The molecule has 0 fully saturated rings. The van der Waals surface area contributed by atoms with E-state index in [-0.39, 0.29) is 0 Å². The summed E-state index contributed by atoms with van der Waals surface area (Å²) in [5, 5.41) is 0. The van der Waals surface area contributed by atoms with Gasteiger partial charge in [0.15, 0.2) is 25.0 Å². The maximum atomic E-state index is 2.45. The molecule has 0 spiro atoms. The van der Waals surface area contributed by atoms with Crippen LogP contribution in [0.4, 0.5) is 0 Å². The Bertz CT molecular complexity index is 1190. The van der Waals surface area contributed by atoms with Gasteiger partial charge in [-0.05, 0) is 43.7 Å². The third-order valence-corrected chi connectivity index (χ3v) is 6.07. The molecule has 1 atom stereocenters. The van der Waals surface area contributed by atoms with Gasteiger partial charge in [0.25, 0.3) is 0 Å². The largest absolute Gasteiger partial charge is 0.213 e. The molecule has 0 saturated carbocycles. The van der Waals surface area contributed by atoms with Crippen LogP contribution < -0.4 is 9.13 Å². The fraction of sp³-hybridized carbons (Fsp3) is 0.185. The number of aryl methyl sites for hydroxylation is 3. The molecule has 4 aromatic rings. The van der Waals surface area contributed by atoms with Gasteiger partial charge >= 0.3 is 0 Å². The lowest BCUT2D eigenvalue weighted by atomic mass is 9.98. The van der Waals surface area contributed by atoms with Crippen LogP contribution >= 0.6 is 0 Å². The van der Waals surface area contributed by atoms with E-state index in [4.69, 9.17) is 0 Å². The SMILES string of the molecule is Cc1ccc2c(c1)-c1cccc[n+]1C2CC[n+]1ccccc1-c1ccccc1C. The highest BCUT2D eigenvalue weighted by molar-refractivity contribution is 5.65. The average molecular weight is 379 g/mol. The maximum Gasteiger partial charge on any atom is 0.213 e. The molecule has 1 aliphatic rings. The van der Waals surface area contributed by atoms with E-state index in [1.807, 2.05) is 0 Å². The van der Waals surface area contributed by atoms with Gasteiger partial charge in [-0.15, -0.1) is 0 Å². The first-order chi connectivity index (χ1) is 14.2. The number of hydrogen-bond acceptors (Lipinski definition) is 0. The van der Waals surface area contributed by atoms with Gasteiger partial charge in [0.05, 0.1) is 12.0 Å².